The predicted molar refractivity (Wildman–Crippen MR) is 114 cm³/mol. The molecule has 0 aliphatic carbocycles. The van der Waals surface area contributed by atoms with Gasteiger partial charge in [0.1, 0.15) is 17.7 Å². The Morgan fingerprint density at radius 3 is 2.48 bits per heavy atom. The summed E-state index contributed by atoms with van der Waals surface area (Å²) in [5.41, 5.74) is 1.75. The standard InChI is InChI=1S/C22H17ClFN3OS/c1-27-13-12-25-21(27)20(15-2-6-16(23)7-3-15)26-22(28)19-11-10-18(29-19)14-4-8-17(24)9-5-14/h2-13,20H,1H3,(H,26,28)/t20-/m0/s1. The zero-order chi connectivity index (χ0) is 20.4. The summed E-state index contributed by atoms with van der Waals surface area (Å²) >= 11 is 7.37. The minimum Gasteiger partial charge on any atom is -0.337 e. The van der Waals surface area contributed by atoms with Gasteiger partial charge in [-0.15, -0.1) is 11.3 Å². The van der Waals surface area contributed by atoms with Crippen molar-refractivity contribution in [1.29, 1.82) is 0 Å². The Balaban J connectivity index is 1.61. The molecule has 4 nitrogen and oxygen atoms in total. The van der Waals surface area contributed by atoms with Crippen LogP contribution in [0, 0.1) is 5.82 Å². The van der Waals surface area contributed by atoms with Crippen LogP contribution in [0.3, 0.4) is 0 Å². The molecular weight excluding hydrogens is 409 g/mol. The number of thiophene rings is 1. The van der Waals surface area contributed by atoms with E-state index in [1.165, 1.54) is 23.5 Å². The lowest BCUT2D eigenvalue weighted by Crippen LogP contribution is -2.30. The second-order valence-electron chi connectivity index (χ2n) is 6.53. The fourth-order valence-corrected chi connectivity index (χ4v) is 4.08. The van der Waals surface area contributed by atoms with Crippen LogP contribution in [0.4, 0.5) is 4.39 Å². The first-order chi connectivity index (χ1) is 14.0. The average molecular weight is 426 g/mol. The van der Waals surface area contributed by atoms with Gasteiger partial charge in [-0.2, -0.15) is 0 Å². The van der Waals surface area contributed by atoms with Gasteiger partial charge < -0.3 is 9.88 Å². The highest BCUT2D eigenvalue weighted by Gasteiger charge is 2.22. The Bertz CT molecular complexity index is 1140. The molecule has 1 N–H and O–H groups in total. The predicted octanol–water partition coefficient (Wildman–Crippen LogP) is 5.46. The van der Waals surface area contributed by atoms with Gasteiger partial charge in [-0.05, 0) is 47.5 Å². The van der Waals surface area contributed by atoms with E-state index in [1.54, 1.807) is 36.5 Å². The van der Waals surface area contributed by atoms with Crippen LogP contribution >= 0.6 is 22.9 Å². The molecule has 0 saturated carbocycles. The average Bonchev–Trinajstić information content (AvgIpc) is 3.37. The maximum atomic E-state index is 13.2. The van der Waals surface area contributed by atoms with Gasteiger partial charge in [0, 0.05) is 29.3 Å². The van der Waals surface area contributed by atoms with Crippen molar-refractivity contribution in [2.75, 3.05) is 0 Å². The molecule has 7 heteroatoms. The highest BCUT2D eigenvalue weighted by Crippen LogP contribution is 2.29. The minimum atomic E-state index is -0.420. The van der Waals surface area contributed by atoms with Crippen molar-refractivity contribution in [1.82, 2.24) is 14.9 Å². The number of amides is 1. The van der Waals surface area contributed by atoms with Crippen molar-refractivity contribution in [3.63, 3.8) is 0 Å². The minimum absolute atomic E-state index is 0.202. The van der Waals surface area contributed by atoms with Crippen LogP contribution in [-0.2, 0) is 7.05 Å². The number of benzene rings is 2. The number of nitrogens with one attached hydrogen (secondary N) is 1. The van der Waals surface area contributed by atoms with E-state index in [-0.39, 0.29) is 11.7 Å². The summed E-state index contributed by atoms with van der Waals surface area (Å²) in [6.45, 7) is 0. The van der Waals surface area contributed by atoms with Gasteiger partial charge in [0.25, 0.3) is 5.91 Å². The first kappa shape index (κ1) is 19.4. The third-order valence-corrected chi connectivity index (χ3v) is 5.94. The van der Waals surface area contributed by atoms with Crippen molar-refractivity contribution in [3.8, 4) is 10.4 Å². The Morgan fingerprint density at radius 1 is 1.10 bits per heavy atom. The van der Waals surface area contributed by atoms with Crippen LogP contribution in [0.25, 0.3) is 10.4 Å². The van der Waals surface area contributed by atoms with Gasteiger partial charge in [-0.25, -0.2) is 9.37 Å². The molecule has 0 fully saturated rings. The second kappa shape index (κ2) is 8.19. The van der Waals surface area contributed by atoms with Gasteiger partial charge in [-0.3, -0.25) is 4.79 Å². The summed E-state index contributed by atoms with van der Waals surface area (Å²) in [6.07, 6.45) is 3.53. The number of rotatable bonds is 5. The normalized spacial score (nSPS) is 12.0. The fraction of sp³-hybridized carbons (Fsp3) is 0.0909. The number of hydrogen-bond acceptors (Lipinski definition) is 3. The smallest absolute Gasteiger partial charge is 0.262 e. The molecule has 0 spiro atoms. The highest BCUT2D eigenvalue weighted by atomic mass is 35.5. The van der Waals surface area contributed by atoms with Gasteiger partial charge >= 0.3 is 0 Å². The Morgan fingerprint density at radius 2 is 1.83 bits per heavy atom. The summed E-state index contributed by atoms with van der Waals surface area (Å²) in [5.74, 6) is 0.228. The third-order valence-electron chi connectivity index (χ3n) is 4.55. The van der Waals surface area contributed by atoms with E-state index in [0.29, 0.717) is 9.90 Å². The first-order valence-electron chi connectivity index (χ1n) is 8.90. The molecule has 1 amide bonds. The first-order valence-corrected chi connectivity index (χ1v) is 10.1. The lowest BCUT2D eigenvalue weighted by Gasteiger charge is -2.19. The second-order valence-corrected chi connectivity index (χ2v) is 8.05. The summed E-state index contributed by atoms with van der Waals surface area (Å²) in [5, 5.41) is 3.70. The number of hydrogen-bond donors (Lipinski definition) is 1. The molecular formula is C22H17ClFN3OS. The maximum Gasteiger partial charge on any atom is 0.262 e. The molecule has 1 atom stereocenters. The number of carbonyl (C=O) groups is 1. The molecule has 2 aromatic carbocycles. The molecule has 0 aliphatic heterocycles. The van der Waals surface area contributed by atoms with Crippen molar-refractivity contribution < 1.29 is 9.18 Å². The maximum absolute atomic E-state index is 13.2. The fourth-order valence-electron chi connectivity index (χ4n) is 3.04. The lowest BCUT2D eigenvalue weighted by molar-refractivity contribution is 0.0945. The largest absolute Gasteiger partial charge is 0.337 e. The SMILES string of the molecule is Cn1ccnc1[C@@H](NC(=O)c1ccc(-c2ccc(F)cc2)s1)c1ccc(Cl)cc1. The summed E-state index contributed by atoms with van der Waals surface area (Å²) in [4.78, 5) is 18.8. The van der Waals surface area contributed by atoms with Crippen LogP contribution in [-0.4, -0.2) is 15.5 Å². The van der Waals surface area contributed by atoms with Crippen molar-refractivity contribution in [2.45, 2.75) is 6.04 Å². The number of aryl methyl sites for hydroxylation is 1. The molecule has 0 saturated heterocycles. The molecule has 4 aromatic rings. The number of aromatic nitrogens is 2. The number of halogens is 2. The molecule has 2 heterocycles. The van der Waals surface area contributed by atoms with E-state index >= 15 is 0 Å². The zero-order valence-electron chi connectivity index (χ0n) is 15.5. The van der Waals surface area contributed by atoms with E-state index in [0.717, 1.165) is 21.8 Å². The van der Waals surface area contributed by atoms with Gasteiger partial charge in [-0.1, -0.05) is 35.9 Å². The number of nitrogens with zero attached hydrogens (tertiary/aromatic N) is 2. The van der Waals surface area contributed by atoms with Crippen LogP contribution in [0.2, 0.25) is 5.02 Å². The van der Waals surface area contributed by atoms with Crippen LogP contribution in [0.5, 0.6) is 0 Å². The summed E-state index contributed by atoms with van der Waals surface area (Å²) in [6, 6.07) is 16.8. The van der Waals surface area contributed by atoms with Crippen molar-refractivity contribution in [2.24, 2.45) is 7.05 Å². The van der Waals surface area contributed by atoms with E-state index in [9.17, 15) is 9.18 Å². The van der Waals surface area contributed by atoms with Crippen LogP contribution in [0.15, 0.2) is 73.1 Å². The third kappa shape index (κ3) is 4.23. The molecule has 0 aliphatic rings. The van der Waals surface area contributed by atoms with Crippen LogP contribution < -0.4 is 5.32 Å². The molecule has 0 radical (unpaired) electrons. The van der Waals surface area contributed by atoms with E-state index in [4.69, 9.17) is 11.6 Å². The van der Waals surface area contributed by atoms with E-state index in [2.05, 4.69) is 10.3 Å². The van der Waals surface area contributed by atoms with Gasteiger partial charge in [0.15, 0.2) is 0 Å². The van der Waals surface area contributed by atoms with E-state index < -0.39 is 6.04 Å². The monoisotopic (exact) mass is 425 g/mol. The Kier molecular flexibility index (Phi) is 5.47. The number of carbonyl (C=O) groups excluding carboxylic acids is 1. The highest BCUT2D eigenvalue weighted by molar-refractivity contribution is 7.17. The summed E-state index contributed by atoms with van der Waals surface area (Å²) < 4.78 is 15.0. The van der Waals surface area contributed by atoms with Crippen LogP contribution in [0.1, 0.15) is 27.1 Å². The topological polar surface area (TPSA) is 46.9 Å². The molecule has 4 rings (SSSR count). The quantitative estimate of drug-likeness (QED) is 0.461. The zero-order valence-corrected chi connectivity index (χ0v) is 17.0. The van der Waals surface area contributed by atoms with Gasteiger partial charge in [0.2, 0.25) is 0 Å². The number of imidazole rings is 1. The molecule has 0 unspecified atom stereocenters. The molecule has 146 valence electrons. The molecule has 0 bridgehead atoms. The lowest BCUT2D eigenvalue weighted by atomic mass is 10.1. The van der Waals surface area contributed by atoms with Gasteiger partial charge in [0.05, 0.1) is 4.88 Å². The Hall–Kier alpha value is -2.96. The van der Waals surface area contributed by atoms with E-state index in [1.807, 2.05) is 36.0 Å². The molecule has 2 aromatic heterocycles. The van der Waals surface area contributed by atoms with Crippen molar-refractivity contribution in [3.05, 3.63) is 100 Å². The summed E-state index contributed by atoms with van der Waals surface area (Å²) in [7, 11) is 1.88. The molecule has 29 heavy (non-hydrogen) atoms. The Labute approximate surface area is 176 Å². The van der Waals surface area contributed by atoms with Crippen molar-refractivity contribution >= 4 is 28.8 Å².